The Morgan fingerprint density at radius 2 is 1.88 bits per heavy atom. The number of hydrogen-bond donors (Lipinski definition) is 1. The second-order valence-electron chi connectivity index (χ2n) is 5.38. The van der Waals surface area contributed by atoms with Crippen LogP contribution in [-0.4, -0.2) is 15.5 Å². The molecule has 0 aliphatic rings. The number of nitriles is 1. The Bertz CT molecular complexity index is 861. The molecule has 0 aliphatic heterocycles. The van der Waals surface area contributed by atoms with Crippen LogP contribution in [0.4, 0.5) is 0 Å². The molecule has 0 spiro atoms. The van der Waals surface area contributed by atoms with Crippen LogP contribution in [0.3, 0.4) is 0 Å². The van der Waals surface area contributed by atoms with Gasteiger partial charge in [0, 0.05) is 31.0 Å². The van der Waals surface area contributed by atoms with E-state index in [1.165, 1.54) is 0 Å². The first-order chi connectivity index (χ1) is 11.8. The Balaban J connectivity index is 1.67. The lowest BCUT2D eigenvalue weighted by atomic mass is 10.1. The molecule has 5 nitrogen and oxygen atoms in total. The van der Waals surface area contributed by atoms with Crippen LogP contribution in [0.5, 0.6) is 0 Å². The van der Waals surface area contributed by atoms with E-state index in [0.717, 1.165) is 11.1 Å². The van der Waals surface area contributed by atoms with Crippen molar-refractivity contribution < 1.29 is 4.79 Å². The first kappa shape index (κ1) is 15.5. The number of hydrogen-bond acceptors (Lipinski definition) is 3. The van der Waals surface area contributed by atoms with Gasteiger partial charge in [0.1, 0.15) is 0 Å². The van der Waals surface area contributed by atoms with E-state index < -0.39 is 0 Å². The standard InChI is InChI=1S/C19H16N4O/c20-11-15-5-7-16(8-6-15)19(24)22-12-17-3-1-2-4-18(17)13-23-10-9-21-14-23/h1-10,14H,12-13H2,(H,22,24). The van der Waals surface area contributed by atoms with Crippen molar-refractivity contribution in [3.63, 3.8) is 0 Å². The Kier molecular flexibility index (Phi) is 4.68. The lowest BCUT2D eigenvalue weighted by Crippen LogP contribution is -2.23. The Morgan fingerprint density at radius 3 is 2.54 bits per heavy atom. The summed E-state index contributed by atoms with van der Waals surface area (Å²) in [7, 11) is 0. The van der Waals surface area contributed by atoms with E-state index in [0.29, 0.717) is 24.2 Å². The highest BCUT2D eigenvalue weighted by molar-refractivity contribution is 5.94. The molecule has 0 atom stereocenters. The van der Waals surface area contributed by atoms with Gasteiger partial charge in [-0.3, -0.25) is 4.79 Å². The van der Waals surface area contributed by atoms with Crippen LogP contribution in [0, 0.1) is 11.3 Å². The third-order valence-electron chi connectivity index (χ3n) is 3.75. The Hall–Kier alpha value is -3.39. The Morgan fingerprint density at radius 1 is 1.12 bits per heavy atom. The summed E-state index contributed by atoms with van der Waals surface area (Å²) >= 11 is 0. The van der Waals surface area contributed by atoms with Gasteiger partial charge in [-0.25, -0.2) is 4.98 Å². The minimum Gasteiger partial charge on any atom is -0.348 e. The molecular formula is C19H16N4O. The lowest BCUT2D eigenvalue weighted by molar-refractivity contribution is 0.0951. The average Bonchev–Trinajstić information content (AvgIpc) is 3.14. The number of aromatic nitrogens is 2. The van der Waals surface area contributed by atoms with Crippen molar-refractivity contribution >= 4 is 5.91 Å². The molecule has 118 valence electrons. The van der Waals surface area contributed by atoms with Crippen LogP contribution in [-0.2, 0) is 13.1 Å². The summed E-state index contributed by atoms with van der Waals surface area (Å²) in [5.74, 6) is -0.156. The van der Waals surface area contributed by atoms with Crippen LogP contribution >= 0.6 is 0 Å². The van der Waals surface area contributed by atoms with Gasteiger partial charge in [0.15, 0.2) is 0 Å². The van der Waals surface area contributed by atoms with Crippen molar-refractivity contribution in [2.45, 2.75) is 13.1 Å². The van der Waals surface area contributed by atoms with Crippen LogP contribution < -0.4 is 5.32 Å². The first-order valence-electron chi connectivity index (χ1n) is 7.57. The highest BCUT2D eigenvalue weighted by Gasteiger charge is 2.07. The Labute approximate surface area is 140 Å². The molecule has 0 radical (unpaired) electrons. The summed E-state index contributed by atoms with van der Waals surface area (Å²) in [4.78, 5) is 16.3. The number of carbonyl (C=O) groups is 1. The fourth-order valence-corrected chi connectivity index (χ4v) is 2.43. The summed E-state index contributed by atoms with van der Waals surface area (Å²) in [5, 5.41) is 11.7. The van der Waals surface area contributed by atoms with E-state index in [9.17, 15) is 4.79 Å². The molecular weight excluding hydrogens is 300 g/mol. The van der Waals surface area contributed by atoms with Gasteiger partial charge < -0.3 is 9.88 Å². The number of imidazole rings is 1. The maximum Gasteiger partial charge on any atom is 0.251 e. The molecule has 3 rings (SSSR count). The van der Waals surface area contributed by atoms with Crippen molar-refractivity contribution in [2.75, 3.05) is 0 Å². The molecule has 24 heavy (non-hydrogen) atoms. The van der Waals surface area contributed by atoms with E-state index in [2.05, 4.69) is 10.3 Å². The second-order valence-corrected chi connectivity index (χ2v) is 5.38. The molecule has 3 aromatic rings. The molecule has 0 bridgehead atoms. The number of nitrogens with zero attached hydrogens (tertiary/aromatic N) is 3. The predicted molar refractivity (Wildman–Crippen MR) is 90.1 cm³/mol. The van der Waals surface area contributed by atoms with Crippen molar-refractivity contribution in [2.24, 2.45) is 0 Å². The van der Waals surface area contributed by atoms with Gasteiger partial charge in [0.25, 0.3) is 5.91 Å². The summed E-state index contributed by atoms with van der Waals surface area (Å²) in [6.07, 6.45) is 5.42. The zero-order valence-electron chi connectivity index (χ0n) is 13.0. The molecule has 0 saturated heterocycles. The second kappa shape index (κ2) is 7.25. The third-order valence-corrected chi connectivity index (χ3v) is 3.75. The summed E-state index contributed by atoms with van der Waals surface area (Å²) in [5.41, 5.74) is 3.28. The van der Waals surface area contributed by atoms with Gasteiger partial charge in [0.05, 0.1) is 18.0 Å². The van der Waals surface area contributed by atoms with E-state index in [1.807, 2.05) is 41.1 Å². The zero-order chi connectivity index (χ0) is 16.8. The number of benzene rings is 2. The van der Waals surface area contributed by atoms with Crippen LogP contribution in [0.25, 0.3) is 0 Å². The van der Waals surface area contributed by atoms with Gasteiger partial charge in [-0.1, -0.05) is 24.3 Å². The van der Waals surface area contributed by atoms with Gasteiger partial charge in [0.2, 0.25) is 0 Å². The van der Waals surface area contributed by atoms with Crippen molar-refractivity contribution in [1.82, 2.24) is 14.9 Å². The molecule has 1 N–H and O–H groups in total. The van der Waals surface area contributed by atoms with E-state index in [4.69, 9.17) is 5.26 Å². The largest absolute Gasteiger partial charge is 0.348 e. The molecule has 1 amide bonds. The minimum atomic E-state index is -0.156. The van der Waals surface area contributed by atoms with Crippen molar-refractivity contribution in [3.8, 4) is 6.07 Å². The predicted octanol–water partition coefficient (Wildman–Crippen LogP) is 2.73. The van der Waals surface area contributed by atoms with Crippen LogP contribution in [0.2, 0.25) is 0 Å². The highest BCUT2D eigenvalue weighted by atomic mass is 16.1. The molecule has 2 aromatic carbocycles. The van der Waals surface area contributed by atoms with Crippen LogP contribution in [0.15, 0.2) is 67.3 Å². The quantitative estimate of drug-likeness (QED) is 0.787. The fourth-order valence-electron chi connectivity index (χ4n) is 2.43. The number of carbonyl (C=O) groups excluding carboxylic acids is 1. The van der Waals surface area contributed by atoms with E-state index >= 15 is 0 Å². The normalized spacial score (nSPS) is 10.1. The van der Waals surface area contributed by atoms with Gasteiger partial charge in [-0.15, -0.1) is 0 Å². The zero-order valence-corrected chi connectivity index (χ0v) is 13.0. The molecule has 5 heteroatoms. The molecule has 0 fully saturated rings. The summed E-state index contributed by atoms with van der Waals surface area (Å²) < 4.78 is 1.99. The highest BCUT2D eigenvalue weighted by Crippen LogP contribution is 2.11. The molecule has 0 unspecified atom stereocenters. The fraction of sp³-hybridized carbons (Fsp3) is 0.105. The van der Waals surface area contributed by atoms with Crippen molar-refractivity contribution in [1.29, 1.82) is 5.26 Å². The maximum absolute atomic E-state index is 12.2. The van der Waals surface area contributed by atoms with E-state index in [-0.39, 0.29) is 5.91 Å². The van der Waals surface area contributed by atoms with E-state index in [1.54, 1.807) is 36.8 Å². The first-order valence-corrected chi connectivity index (χ1v) is 7.57. The van der Waals surface area contributed by atoms with Crippen LogP contribution in [0.1, 0.15) is 27.0 Å². The number of nitrogens with one attached hydrogen (secondary N) is 1. The smallest absolute Gasteiger partial charge is 0.251 e. The molecule has 1 heterocycles. The maximum atomic E-state index is 12.2. The lowest BCUT2D eigenvalue weighted by Gasteiger charge is -2.11. The van der Waals surface area contributed by atoms with Gasteiger partial charge >= 0.3 is 0 Å². The monoisotopic (exact) mass is 316 g/mol. The summed E-state index contributed by atoms with van der Waals surface area (Å²) in [6, 6.07) is 16.6. The van der Waals surface area contributed by atoms with Gasteiger partial charge in [-0.05, 0) is 35.4 Å². The summed E-state index contributed by atoms with van der Waals surface area (Å²) in [6.45, 7) is 1.16. The number of rotatable bonds is 5. The topological polar surface area (TPSA) is 70.7 Å². The van der Waals surface area contributed by atoms with Crippen molar-refractivity contribution in [3.05, 3.63) is 89.5 Å². The molecule has 0 saturated carbocycles. The third kappa shape index (κ3) is 3.68. The average molecular weight is 316 g/mol. The SMILES string of the molecule is N#Cc1ccc(C(=O)NCc2ccccc2Cn2ccnc2)cc1. The van der Waals surface area contributed by atoms with Gasteiger partial charge in [-0.2, -0.15) is 5.26 Å². The molecule has 1 aromatic heterocycles. The minimum absolute atomic E-state index is 0.156. The number of amides is 1. The molecule has 0 aliphatic carbocycles.